The number of hydrogen-bond donors (Lipinski definition) is 0. The van der Waals surface area contributed by atoms with Gasteiger partial charge in [0.1, 0.15) is 11.8 Å². The third-order valence-corrected chi connectivity index (χ3v) is 4.38. The van der Waals surface area contributed by atoms with E-state index in [0.717, 1.165) is 44.1 Å². The largest absolute Gasteiger partial charge is 0.573 e. The molecule has 0 amide bonds. The number of nitrogens with zero attached hydrogens (tertiary/aromatic N) is 1. The van der Waals surface area contributed by atoms with Gasteiger partial charge in [0.25, 0.3) is 0 Å². The summed E-state index contributed by atoms with van der Waals surface area (Å²) in [4.78, 5) is 0. The molecule has 0 bridgehead atoms. The van der Waals surface area contributed by atoms with Crippen molar-refractivity contribution in [2.75, 3.05) is 0 Å². The van der Waals surface area contributed by atoms with Crippen molar-refractivity contribution in [1.82, 2.24) is 0 Å². The smallest absolute Gasteiger partial charge is 0.406 e. The van der Waals surface area contributed by atoms with Crippen LogP contribution in [0.3, 0.4) is 0 Å². The molecule has 0 aromatic heterocycles. The number of hydrogen-bond acceptors (Lipinski definition) is 2. The van der Waals surface area contributed by atoms with E-state index in [1.165, 1.54) is 24.3 Å². The van der Waals surface area contributed by atoms with Gasteiger partial charge in [-0.25, -0.2) is 0 Å². The van der Waals surface area contributed by atoms with Crippen LogP contribution in [0.1, 0.15) is 37.7 Å². The molecule has 2 nitrogen and oxygen atoms in total. The first-order valence-corrected chi connectivity index (χ1v) is 7.98. The Morgan fingerprint density at radius 1 is 1.17 bits per heavy atom. The van der Waals surface area contributed by atoms with E-state index in [4.69, 9.17) is 5.26 Å². The Hall–Kier alpha value is -2.03. The van der Waals surface area contributed by atoms with Gasteiger partial charge in [-0.2, -0.15) is 9.65 Å². The van der Waals surface area contributed by atoms with Crippen molar-refractivity contribution >= 4 is 0 Å². The first kappa shape index (κ1) is 18.3. The standard InChI is InChI=1S/C18H19F4NO/c19-16(12-23)11-15-5-3-13(4-6-15)1-2-14-7-9-17(10-8-14)24-18(20,21)22/h7-11,13,15H,1-6H2/t13-,15-. The maximum absolute atomic E-state index is 12.9. The number of nitriles is 1. The van der Waals surface area contributed by atoms with Crippen LogP contribution in [0, 0.1) is 23.2 Å². The summed E-state index contributed by atoms with van der Waals surface area (Å²) in [5.41, 5.74) is 0.974. The number of ether oxygens (including phenoxy) is 1. The Bertz CT molecular complexity index is 593. The fourth-order valence-electron chi connectivity index (χ4n) is 3.12. The van der Waals surface area contributed by atoms with Gasteiger partial charge in [0.15, 0.2) is 5.83 Å². The maximum Gasteiger partial charge on any atom is 0.573 e. The summed E-state index contributed by atoms with van der Waals surface area (Å²) in [6.45, 7) is 0. The lowest BCUT2D eigenvalue weighted by atomic mass is 9.79. The number of allylic oxidation sites excluding steroid dienone is 2. The van der Waals surface area contributed by atoms with Gasteiger partial charge >= 0.3 is 6.36 Å². The molecule has 0 heterocycles. The van der Waals surface area contributed by atoms with E-state index in [0.29, 0.717) is 5.92 Å². The molecule has 0 aliphatic heterocycles. The summed E-state index contributed by atoms with van der Waals surface area (Å²) in [5, 5.41) is 8.45. The van der Waals surface area contributed by atoms with Crippen molar-refractivity contribution in [3.8, 4) is 11.8 Å². The molecule has 2 rings (SSSR count). The minimum absolute atomic E-state index is 0.139. The fraction of sp³-hybridized carbons (Fsp3) is 0.500. The highest BCUT2D eigenvalue weighted by Crippen LogP contribution is 2.33. The molecule has 1 aromatic carbocycles. The van der Waals surface area contributed by atoms with Crippen LogP contribution in [0.4, 0.5) is 17.6 Å². The second-order valence-corrected chi connectivity index (χ2v) is 6.14. The van der Waals surface area contributed by atoms with Gasteiger partial charge in [0, 0.05) is 0 Å². The quantitative estimate of drug-likeness (QED) is 0.508. The molecule has 6 heteroatoms. The molecule has 0 saturated heterocycles. The highest BCUT2D eigenvalue weighted by Gasteiger charge is 2.31. The molecular weight excluding hydrogens is 322 g/mol. The van der Waals surface area contributed by atoms with Gasteiger partial charge in [0.05, 0.1) is 0 Å². The summed E-state index contributed by atoms with van der Waals surface area (Å²) in [5.74, 6) is -0.247. The summed E-state index contributed by atoms with van der Waals surface area (Å²) >= 11 is 0. The molecule has 130 valence electrons. The number of alkyl halides is 3. The van der Waals surface area contributed by atoms with Crippen LogP contribution in [0.2, 0.25) is 0 Å². The Morgan fingerprint density at radius 2 is 1.79 bits per heavy atom. The second kappa shape index (κ2) is 8.18. The number of benzene rings is 1. The Kier molecular flexibility index (Phi) is 6.24. The van der Waals surface area contributed by atoms with Crippen LogP contribution < -0.4 is 4.74 Å². The molecule has 0 unspecified atom stereocenters. The zero-order chi connectivity index (χ0) is 17.6. The maximum atomic E-state index is 12.9. The van der Waals surface area contributed by atoms with Crippen LogP contribution in [0.15, 0.2) is 36.2 Å². The topological polar surface area (TPSA) is 33.0 Å². The molecule has 1 aromatic rings. The van der Waals surface area contributed by atoms with Gasteiger partial charge in [-0.3, -0.25) is 0 Å². The minimum atomic E-state index is -4.67. The van der Waals surface area contributed by atoms with Gasteiger partial charge in [0.2, 0.25) is 0 Å². The molecule has 0 spiro atoms. The van der Waals surface area contributed by atoms with Crippen molar-refractivity contribution in [1.29, 1.82) is 5.26 Å². The van der Waals surface area contributed by atoms with Crippen molar-refractivity contribution in [3.05, 3.63) is 41.7 Å². The van der Waals surface area contributed by atoms with Crippen LogP contribution in [0.5, 0.6) is 5.75 Å². The lowest BCUT2D eigenvalue weighted by Crippen LogP contribution is -2.17. The van der Waals surface area contributed by atoms with Crippen LogP contribution >= 0.6 is 0 Å². The van der Waals surface area contributed by atoms with Crippen LogP contribution in [0.25, 0.3) is 0 Å². The molecule has 1 fully saturated rings. The highest BCUT2D eigenvalue weighted by atomic mass is 19.4. The van der Waals surface area contributed by atoms with E-state index >= 15 is 0 Å². The molecular formula is C18H19F4NO. The molecule has 24 heavy (non-hydrogen) atoms. The zero-order valence-corrected chi connectivity index (χ0v) is 13.2. The van der Waals surface area contributed by atoms with Crippen molar-refractivity contribution in [2.45, 2.75) is 44.9 Å². The number of rotatable bonds is 5. The predicted molar refractivity (Wildman–Crippen MR) is 81.7 cm³/mol. The average molecular weight is 341 g/mol. The summed E-state index contributed by atoms with van der Waals surface area (Å²) in [7, 11) is 0. The Morgan fingerprint density at radius 3 is 2.33 bits per heavy atom. The van der Waals surface area contributed by atoms with Crippen LogP contribution in [-0.4, -0.2) is 6.36 Å². The Balaban J connectivity index is 1.76. The summed E-state index contributed by atoms with van der Waals surface area (Å²) in [6.07, 6.45) is 2.20. The first-order chi connectivity index (χ1) is 11.4. The number of aryl methyl sites for hydroxylation is 1. The summed E-state index contributed by atoms with van der Waals surface area (Å²) in [6, 6.07) is 7.46. The van der Waals surface area contributed by atoms with E-state index in [1.54, 1.807) is 12.1 Å². The lowest BCUT2D eigenvalue weighted by molar-refractivity contribution is -0.274. The highest BCUT2D eigenvalue weighted by molar-refractivity contribution is 5.27. The average Bonchev–Trinajstić information content (AvgIpc) is 2.54. The molecule has 0 radical (unpaired) electrons. The molecule has 0 atom stereocenters. The van der Waals surface area contributed by atoms with Crippen molar-refractivity contribution in [2.24, 2.45) is 11.8 Å². The van der Waals surface area contributed by atoms with Crippen molar-refractivity contribution in [3.63, 3.8) is 0 Å². The number of halogens is 4. The normalized spacial score (nSPS) is 22.0. The molecule has 1 saturated carbocycles. The van der Waals surface area contributed by atoms with E-state index in [2.05, 4.69) is 4.74 Å². The van der Waals surface area contributed by atoms with Crippen molar-refractivity contribution < 1.29 is 22.3 Å². The molecule has 1 aliphatic rings. The van der Waals surface area contributed by atoms with Gasteiger partial charge in [-0.15, -0.1) is 13.2 Å². The van der Waals surface area contributed by atoms with E-state index in [-0.39, 0.29) is 11.7 Å². The van der Waals surface area contributed by atoms with E-state index in [9.17, 15) is 17.6 Å². The summed E-state index contributed by atoms with van der Waals surface area (Å²) < 4.78 is 53.1. The fourth-order valence-corrected chi connectivity index (χ4v) is 3.12. The lowest BCUT2D eigenvalue weighted by Gasteiger charge is -2.26. The van der Waals surface area contributed by atoms with E-state index < -0.39 is 12.2 Å². The third kappa shape index (κ3) is 6.23. The molecule has 0 N–H and O–H groups in total. The monoisotopic (exact) mass is 341 g/mol. The van der Waals surface area contributed by atoms with E-state index in [1.807, 2.05) is 0 Å². The molecule has 1 aliphatic carbocycles. The first-order valence-electron chi connectivity index (χ1n) is 7.98. The minimum Gasteiger partial charge on any atom is -0.406 e. The SMILES string of the molecule is N#CC(F)=C[C@H]1CC[C@H](CCc2ccc(OC(F)(F)F)cc2)CC1. The van der Waals surface area contributed by atoms with Gasteiger partial charge in [-0.1, -0.05) is 12.1 Å². The Labute approximate surface area is 138 Å². The third-order valence-electron chi connectivity index (χ3n) is 4.38. The van der Waals surface area contributed by atoms with Gasteiger partial charge < -0.3 is 4.74 Å². The second-order valence-electron chi connectivity index (χ2n) is 6.14. The van der Waals surface area contributed by atoms with Gasteiger partial charge in [-0.05, 0) is 74.1 Å². The van der Waals surface area contributed by atoms with Crippen LogP contribution in [-0.2, 0) is 6.42 Å². The predicted octanol–water partition coefficient (Wildman–Crippen LogP) is 5.70. The zero-order valence-electron chi connectivity index (χ0n) is 13.2.